The third kappa shape index (κ3) is 6.87. The molecule has 8 nitrogen and oxygen atoms in total. The highest BCUT2D eigenvalue weighted by Gasteiger charge is 2.17. The number of halogens is 2. The molecule has 1 aromatic heterocycles. The molecule has 1 atom stereocenters. The zero-order valence-corrected chi connectivity index (χ0v) is 18.0. The number of guanidine groups is 1. The number of aromatic nitrogens is 2. The minimum absolute atomic E-state index is 0.0759. The van der Waals surface area contributed by atoms with E-state index in [2.05, 4.69) is 30.4 Å². The molecule has 0 radical (unpaired) electrons. The van der Waals surface area contributed by atoms with Crippen LogP contribution in [0.2, 0.25) is 0 Å². The number of aliphatic imine (C=N–C) groups is 1. The highest BCUT2D eigenvalue weighted by molar-refractivity contribution is 5.79. The van der Waals surface area contributed by atoms with Crippen molar-refractivity contribution in [2.75, 3.05) is 34.3 Å². The Bertz CT molecular complexity index is 825. The van der Waals surface area contributed by atoms with E-state index in [0.29, 0.717) is 30.4 Å². The summed E-state index contributed by atoms with van der Waals surface area (Å²) in [6.45, 7) is 0.437. The molecule has 1 unspecified atom stereocenters. The van der Waals surface area contributed by atoms with Crippen molar-refractivity contribution >= 4 is 5.96 Å². The van der Waals surface area contributed by atoms with Gasteiger partial charge in [-0.25, -0.2) is 4.99 Å². The summed E-state index contributed by atoms with van der Waals surface area (Å²) < 4.78 is 37.0. The summed E-state index contributed by atoms with van der Waals surface area (Å²) in [4.78, 5) is 6.62. The van der Waals surface area contributed by atoms with Crippen molar-refractivity contribution in [3.63, 3.8) is 0 Å². The topological polar surface area (TPSA) is 75.9 Å². The normalized spacial score (nSPS) is 12.9. The number of nitrogens with zero attached hydrogens (tertiary/aromatic N) is 4. The maximum Gasteiger partial charge on any atom is 0.387 e. The van der Waals surface area contributed by atoms with E-state index < -0.39 is 6.61 Å². The minimum Gasteiger partial charge on any atom is -0.497 e. The van der Waals surface area contributed by atoms with Gasteiger partial charge in [-0.1, -0.05) is 0 Å². The van der Waals surface area contributed by atoms with Crippen molar-refractivity contribution in [1.29, 1.82) is 0 Å². The summed E-state index contributed by atoms with van der Waals surface area (Å²) in [5.41, 5.74) is 1.58. The number of aryl methyl sites for hydroxylation is 1. The first-order valence-corrected chi connectivity index (χ1v) is 9.62. The molecule has 2 rings (SSSR count). The molecule has 0 aliphatic rings. The van der Waals surface area contributed by atoms with Crippen molar-refractivity contribution in [1.82, 2.24) is 25.3 Å². The number of ether oxygens (including phenoxy) is 2. The van der Waals surface area contributed by atoms with Gasteiger partial charge in [-0.3, -0.25) is 4.68 Å². The average molecular weight is 424 g/mol. The quantitative estimate of drug-likeness (QED) is 0.451. The van der Waals surface area contributed by atoms with Crippen molar-refractivity contribution in [3.8, 4) is 11.5 Å². The summed E-state index contributed by atoms with van der Waals surface area (Å²) in [5, 5.41) is 10.7. The average Bonchev–Trinajstić information content (AvgIpc) is 3.12. The predicted molar refractivity (Wildman–Crippen MR) is 112 cm³/mol. The van der Waals surface area contributed by atoms with Crippen LogP contribution in [0.25, 0.3) is 0 Å². The number of rotatable bonds is 10. The minimum atomic E-state index is -2.91. The molecule has 0 amide bonds. The van der Waals surface area contributed by atoms with E-state index in [4.69, 9.17) is 4.74 Å². The first kappa shape index (κ1) is 23.4. The zero-order chi connectivity index (χ0) is 22.1. The Morgan fingerprint density at radius 2 is 2.07 bits per heavy atom. The smallest absolute Gasteiger partial charge is 0.387 e. The van der Waals surface area contributed by atoms with Gasteiger partial charge < -0.3 is 25.0 Å². The van der Waals surface area contributed by atoms with Gasteiger partial charge in [-0.2, -0.15) is 13.9 Å². The Morgan fingerprint density at radius 1 is 1.30 bits per heavy atom. The van der Waals surface area contributed by atoms with Crippen molar-refractivity contribution in [3.05, 3.63) is 41.7 Å². The van der Waals surface area contributed by atoms with Crippen LogP contribution in [-0.2, 0) is 13.6 Å². The maximum atomic E-state index is 12.7. The number of likely N-dealkylation sites (N-methyl/N-ethyl adjacent to an activating group) is 1. The van der Waals surface area contributed by atoms with Crippen LogP contribution in [0.15, 0.2) is 35.6 Å². The molecule has 166 valence electrons. The molecule has 0 aliphatic carbocycles. The molecular formula is C20H30F2N6O2. The van der Waals surface area contributed by atoms with E-state index in [-0.39, 0.29) is 18.3 Å². The molecule has 0 fully saturated rings. The number of hydrogen-bond acceptors (Lipinski definition) is 5. The van der Waals surface area contributed by atoms with Crippen molar-refractivity contribution < 1.29 is 18.3 Å². The van der Waals surface area contributed by atoms with Gasteiger partial charge in [-0.15, -0.1) is 0 Å². The van der Waals surface area contributed by atoms with E-state index >= 15 is 0 Å². The van der Waals surface area contributed by atoms with Gasteiger partial charge in [0.1, 0.15) is 11.5 Å². The number of benzene rings is 1. The van der Waals surface area contributed by atoms with Crippen LogP contribution in [0.5, 0.6) is 11.5 Å². The standard InChI is InChI=1S/C20H30F2N6O2/c1-6-23-20(25-12-17(27(2)3)15-11-26-28(4)13-15)24-10-14-9-16(29-5)7-8-18(14)30-19(21)22/h7-9,11,13,17,19H,6,10,12H2,1-5H3,(H2,23,24,25). The summed E-state index contributed by atoms with van der Waals surface area (Å²) in [5.74, 6) is 1.19. The molecule has 30 heavy (non-hydrogen) atoms. The second kappa shape index (κ2) is 11.3. The molecule has 0 saturated heterocycles. The first-order valence-electron chi connectivity index (χ1n) is 9.62. The summed E-state index contributed by atoms with van der Waals surface area (Å²) in [7, 11) is 7.38. The fourth-order valence-electron chi connectivity index (χ4n) is 2.93. The van der Waals surface area contributed by atoms with Crippen LogP contribution in [0, 0.1) is 0 Å². The SMILES string of the molecule is CCNC(=NCc1cc(OC)ccc1OC(F)F)NCC(c1cnn(C)c1)N(C)C. The number of methoxy groups -OCH3 is 1. The second-order valence-corrected chi connectivity index (χ2v) is 6.85. The number of nitrogens with one attached hydrogen (secondary N) is 2. The maximum absolute atomic E-state index is 12.7. The highest BCUT2D eigenvalue weighted by Crippen LogP contribution is 2.26. The Kier molecular flexibility index (Phi) is 8.85. The monoisotopic (exact) mass is 424 g/mol. The van der Waals surface area contributed by atoms with Gasteiger partial charge in [0.2, 0.25) is 0 Å². The largest absolute Gasteiger partial charge is 0.497 e. The third-order valence-electron chi connectivity index (χ3n) is 4.43. The molecule has 0 bridgehead atoms. The Hall–Kier alpha value is -2.88. The molecule has 10 heteroatoms. The summed E-state index contributed by atoms with van der Waals surface area (Å²) in [6.07, 6.45) is 3.81. The van der Waals surface area contributed by atoms with Gasteiger partial charge in [0.15, 0.2) is 5.96 Å². The van der Waals surface area contributed by atoms with Crippen molar-refractivity contribution in [2.45, 2.75) is 26.1 Å². The number of alkyl halides is 2. The summed E-state index contributed by atoms with van der Waals surface area (Å²) >= 11 is 0. The van der Waals surface area contributed by atoms with Crippen LogP contribution in [-0.4, -0.2) is 61.5 Å². The molecule has 0 spiro atoms. The predicted octanol–water partition coefficient (Wildman–Crippen LogP) is 2.39. The van der Waals surface area contributed by atoms with E-state index in [0.717, 1.165) is 5.56 Å². The Balaban J connectivity index is 2.15. The molecule has 0 saturated carbocycles. The molecule has 2 aromatic rings. The van der Waals surface area contributed by atoms with Gasteiger partial charge in [-0.05, 0) is 39.2 Å². The second-order valence-electron chi connectivity index (χ2n) is 6.85. The highest BCUT2D eigenvalue weighted by atomic mass is 19.3. The molecule has 1 heterocycles. The van der Waals surface area contributed by atoms with Gasteiger partial charge in [0.25, 0.3) is 0 Å². The van der Waals surface area contributed by atoms with E-state index in [1.807, 2.05) is 40.5 Å². The van der Waals surface area contributed by atoms with Crippen LogP contribution in [0.4, 0.5) is 8.78 Å². The lowest BCUT2D eigenvalue weighted by Gasteiger charge is -2.24. The Labute approximate surface area is 175 Å². The molecule has 1 aromatic carbocycles. The number of hydrogen-bond donors (Lipinski definition) is 2. The van der Waals surface area contributed by atoms with Crippen LogP contribution >= 0.6 is 0 Å². The van der Waals surface area contributed by atoms with Crippen LogP contribution in [0.3, 0.4) is 0 Å². The van der Waals surface area contributed by atoms with Gasteiger partial charge >= 0.3 is 6.61 Å². The van der Waals surface area contributed by atoms with E-state index in [1.165, 1.54) is 13.2 Å². The lowest BCUT2D eigenvalue weighted by molar-refractivity contribution is -0.0504. The Morgan fingerprint density at radius 3 is 2.63 bits per heavy atom. The fraction of sp³-hybridized carbons (Fsp3) is 0.500. The third-order valence-corrected chi connectivity index (χ3v) is 4.43. The molecular weight excluding hydrogens is 394 g/mol. The fourth-order valence-corrected chi connectivity index (χ4v) is 2.93. The zero-order valence-electron chi connectivity index (χ0n) is 18.0. The van der Waals surface area contributed by atoms with Gasteiger partial charge in [0.05, 0.1) is 25.9 Å². The molecule has 0 aliphatic heterocycles. The lowest BCUT2D eigenvalue weighted by atomic mass is 10.1. The summed E-state index contributed by atoms with van der Waals surface area (Å²) in [6, 6.07) is 4.75. The van der Waals surface area contributed by atoms with E-state index in [1.54, 1.807) is 16.8 Å². The van der Waals surface area contributed by atoms with E-state index in [9.17, 15) is 8.78 Å². The lowest BCUT2D eigenvalue weighted by Crippen LogP contribution is -2.41. The van der Waals surface area contributed by atoms with Crippen LogP contribution < -0.4 is 20.1 Å². The molecule has 2 N–H and O–H groups in total. The van der Waals surface area contributed by atoms with Gasteiger partial charge in [0, 0.05) is 37.5 Å². The van der Waals surface area contributed by atoms with Crippen LogP contribution in [0.1, 0.15) is 24.1 Å². The first-order chi connectivity index (χ1) is 14.3. The van der Waals surface area contributed by atoms with Crippen molar-refractivity contribution in [2.24, 2.45) is 12.0 Å².